The van der Waals surface area contributed by atoms with Crippen LogP contribution in [0, 0.1) is 0 Å². The fraction of sp³-hybridized carbons (Fsp3) is 0.400. The van der Waals surface area contributed by atoms with Gasteiger partial charge in [0.2, 0.25) is 0 Å². The summed E-state index contributed by atoms with van der Waals surface area (Å²) in [7, 11) is 1.60. The molecule has 0 bridgehead atoms. The summed E-state index contributed by atoms with van der Waals surface area (Å²) in [6.07, 6.45) is 3.72. The number of hydrogen-bond donors (Lipinski definition) is 0. The minimum absolute atomic E-state index is 0.431. The van der Waals surface area contributed by atoms with E-state index in [0.717, 1.165) is 17.4 Å². The van der Waals surface area contributed by atoms with Gasteiger partial charge >= 0.3 is 0 Å². The quantitative estimate of drug-likeness (QED) is 0.555. The molecule has 0 radical (unpaired) electrons. The summed E-state index contributed by atoms with van der Waals surface area (Å²) in [4.78, 5) is 14.2. The molecule has 0 atom stereocenters. The van der Waals surface area contributed by atoms with Gasteiger partial charge in [-0.1, -0.05) is 11.6 Å². The summed E-state index contributed by atoms with van der Waals surface area (Å²) in [5.41, 5.74) is 1.90. The Balaban J connectivity index is 2.89. The number of nitrogens with zero attached hydrogens (tertiary/aromatic N) is 1. The third kappa shape index (κ3) is 2.79. The number of aryl methyl sites for hydroxylation is 1. The van der Waals surface area contributed by atoms with Crippen molar-refractivity contribution in [3.8, 4) is 0 Å². The standard InChI is InChI=1S/C10H12ClNO2/c1-14-7-9-8(3-2-6-13)4-5-12-10(9)11/h4-6H,2-3,7H2,1H3. The highest BCUT2D eigenvalue weighted by atomic mass is 35.5. The first-order valence-corrected chi connectivity index (χ1v) is 4.72. The molecule has 0 saturated heterocycles. The number of ether oxygens (including phenoxy) is 1. The van der Waals surface area contributed by atoms with Gasteiger partial charge in [0, 0.05) is 25.3 Å². The summed E-state index contributed by atoms with van der Waals surface area (Å²) >= 11 is 5.91. The van der Waals surface area contributed by atoms with E-state index in [1.807, 2.05) is 6.07 Å². The lowest BCUT2D eigenvalue weighted by molar-refractivity contribution is -0.107. The molecule has 0 aliphatic rings. The number of hydrogen-bond acceptors (Lipinski definition) is 3. The third-order valence-corrected chi connectivity index (χ3v) is 2.25. The average molecular weight is 214 g/mol. The summed E-state index contributed by atoms with van der Waals surface area (Å²) in [5, 5.41) is 0.454. The zero-order valence-electron chi connectivity index (χ0n) is 8.00. The minimum atomic E-state index is 0.431. The Morgan fingerprint density at radius 3 is 3.07 bits per heavy atom. The van der Waals surface area contributed by atoms with Crippen LogP contribution < -0.4 is 0 Å². The summed E-state index contributed by atoms with van der Waals surface area (Å²) in [6, 6.07) is 1.86. The second-order valence-electron chi connectivity index (χ2n) is 2.88. The van der Waals surface area contributed by atoms with Crippen molar-refractivity contribution in [3.05, 3.63) is 28.5 Å². The predicted octanol–water partition coefficient (Wildman–Crippen LogP) is 2.01. The van der Waals surface area contributed by atoms with Crippen molar-refractivity contribution < 1.29 is 9.53 Å². The Morgan fingerprint density at radius 2 is 2.43 bits per heavy atom. The number of pyridine rings is 1. The number of rotatable bonds is 5. The van der Waals surface area contributed by atoms with E-state index in [1.165, 1.54) is 0 Å². The molecule has 76 valence electrons. The molecule has 0 aromatic carbocycles. The summed E-state index contributed by atoms with van der Waals surface area (Å²) < 4.78 is 5.02. The normalized spacial score (nSPS) is 10.1. The minimum Gasteiger partial charge on any atom is -0.380 e. The Morgan fingerprint density at radius 1 is 1.64 bits per heavy atom. The second-order valence-corrected chi connectivity index (χ2v) is 3.24. The number of aldehydes is 1. The molecule has 3 nitrogen and oxygen atoms in total. The van der Waals surface area contributed by atoms with Crippen LogP contribution in [-0.2, 0) is 22.6 Å². The van der Waals surface area contributed by atoms with Crippen molar-refractivity contribution in [1.29, 1.82) is 0 Å². The van der Waals surface area contributed by atoms with Crippen LogP contribution in [0.4, 0.5) is 0 Å². The van der Waals surface area contributed by atoms with E-state index in [-0.39, 0.29) is 0 Å². The summed E-state index contributed by atoms with van der Waals surface area (Å²) in [5.74, 6) is 0. The van der Waals surface area contributed by atoms with Gasteiger partial charge in [0.15, 0.2) is 0 Å². The van der Waals surface area contributed by atoms with Gasteiger partial charge in [-0.3, -0.25) is 0 Å². The lowest BCUT2D eigenvalue weighted by Crippen LogP contribution is -1.99. The lowest BCUT2D eigenvalue weighted by Gasteiger charge is -2.08. The van der Waals surface area contributed by atoms with Gasteiger partial charge in [0.05, 0.1) is 6.61 Å². The van der Waals surface area contributed by atoms with E-state index in [2.05, 4.69) is 4.98 Å². The summed E-state index contributed by atoms with van der Waals surface area (Å²) in [6.45, 7) is 0.431. The molecule has 0 amide bonds. The third-order valence-electron chi connectivity index (χ3n) is 1.92. The number of carbonyl (C=O) groups excluding carboxylic acids is 1. The molecule has 14 heavy (non-hydrogen) atoms. The number of carbonyl (C=O) groups is 1. The smallest absolute Gasteiger partial charge is 0.134 e. The van der Waals surface area contributed by atoms with Crippen LogP contribution in [0.5, 0.6) is 0 Å². The zero-order valence-corrected chi connectivity index (χ0v) is 8.75. The van der Waals surface area contributed by atoms with Crippen LogP contribution >= 0.6 is 11.6 Å². The largest absolute Gasteiger partial charge is 0.380 e. The SMILES string of the molecule is COCc1c(CCC=O)ccnc1Cl. The highest BCUT2D eigenvalue weighted by Gasteiger charge is 2.07. The highest BCUT2D eigenvalue weighted by Crippen LogP contribution is 2.19. The van der Waals surface area contributed by atoms with Crippen molar-refractivity contribution in [2.75, 3.05) is 7.11 Å². The molecule has 1 heterocycles. The van der Waals surface area contributed by atoms with Gasteiger partial charge in [-0.25, -0.2) is 4.98 Å². The molecule has 1 aromatic heterocycles. The molecular weight excluding hydrogens is 202 g/mol. The predicted molar refractivity (Wildman–Crippen MR) is 54.3 cm³/mol. The van der Waals surface area contributed by atoms with Gasteiger partial charge in [-0.15, -0.1) is 0 Å². The zero-order chi connectivity index (χ0) is 10.4. The van der Waals surface area contributed by atoms with Gasteiger partial charge in [-0.2, -0.15) is 0 Å². The molecule has 0 saturated carbocycles. The van der Waals surface area contributed by atoms with Crippen LogP contribution in [-0.4, -0.2) is 18.4 Å². The molecular formula is C10H12ClNO2. The molecule has 0 aliphatic carbocycles. The van der Waals surface area contributed by atoms with Crippen molar-refractivity contribution in [3.63, 3.8) is 0 Å². The fourth-order valence-corrected chi connectivity index (χ4v) is 1.48. The monoisotopic (exact) mass is 213 g/mol. The van der Waals surface area contributed by atoms with Crippen molar-refractivity contribution in [1.82, 2.24) is 4.98 Å². The maximum absolute atomic E-state index is 10.3. The first-order chi connectivity index (χ1) is 6.79. The van der Waals surface area contributed by atoms with E-state index in [0.29, 0.717) is 24.6 Å². The fourth-order valence-electron chi connectivity index (χ4n) is 1.25. The van der Waals surface area contributed by atoms with Crippen LogP contribution in [0.1, 0.15) is 17.5 Å². The van der Waals surface area contributed by atoms with Crippen LogP contribution in [0.25, 0.3) is 0 Å². The lowest BCUT2D eigenvalue weighted by atomic mass is 10.1. The maximum Gasteiger partial charge on any atom is 0.134 e. The van der Waals surface area contributed by atoms with E-state index in [1.54, 1.807) is 13.3 Å². The molecule has 0 N–H and O–H groups in total. The van der Waals surface area contributed by atoms with Crippen molar-refractivity contribution in [2.45, 2.75) is 19.4 Å². The highest BCUT2D eigenvalue weighted by molar-refractivity contribution is 6.30. The molecule has 0 fully saturated rings. The first-order valence-electron chi connectivity index (χ1n) is 4.34. The number of halogens is 1. The average Bonchev–Trinajstić information content (AvgIpc) is 2.19. The van der Waals surface area contributed by atoms with E-state index >= 15 is 0 Å². The number of aromatic nitrogens is 1. The van der Waals surface area contributed by atoms with Gasteiger partial charge in [0.25, 0.3) is 0 Å². The molecule has 1 rings (SSSR count). The Hall–Kier alpha value is -0.930. The van der Waals surface area contributed by atoms with Crippen LogP contribution in [0.2, 0.25) is 5.15 Å². The number of methoxy groups -OCH3 is 1. The molecule has 4 heteroatoms. The van der Waals surface area contributed by atoms with Crippen molar-refractivity contribution >= 4 is 17.9 Å². The molecule has 0 spiro atoms. The maximum atomic E-state index is 10.3. The van der Waals surface area contributed by atoms with Crippen LogP contribution in [0.3, 0.4) is 0 Å². The van der Waals surface area contributed by atoms with E-state index in [9.17, 15) is 4.79 Å². The molecule has 1 aromatic rings. The van der Waals surface area contributed by atoms with Crippen LogP contribution in [0.15, 0.2) is 12.3 Å². The van der Waals surface area contributed by atoms with Gasteiger partial charge in [0.1, 0.15) is 11.4 Å². The Labute approximate surface area is 88.1 Å². The Kier molecular flexibility index (Phi) is 4.56. The Bertz CT molecular complexity index is 315. The topological polar surface area (TPSA) is 39.2 Å². The molecule has 0 aliphatic heterocycles. The van der Waals surface area contributed by atoms with Gasteiger partial charge < -0.3 is 9.53 Å². The van der Waals surface area contributed by atoms with E-state index < -0.39 is 0 Å². The first kappa shape index (κ1) is 11.1. The second kappa shape index (κ2) is 5.73. The van der Waals surface area contributed by atoms with Gasteiger partial charge in [-0.05, 0) is 18.1 Å². The van der Waals surface area contributed by atoms with Crippen molar-refractivity contribution in [2.24, 2.45) is 0 Å². The van der Waals surface area contributed by atoms with E-state index in [4.69, 9.17) is 16.3 Å². The molecule has 0 unspecified atom stereocenters.